The molecule has 116 valence electrons. The molecule has 5 nitrogen and oxygen atoms in total. The van der Waals surface area contributed by atoms with Gasteiger partial charge >= 0.3 is 0 Å². The molecular formula is C16H19N3O2S. The number of aromatic nitrogens is 2. The summed E-state index contributed by atoms with van der Waals surface area (Å²) in [5, 5.41) is 3.95. The first-order valence-corrected chi connectivity index (χ1v) is 8.11. The number of methoxy groups -OCH3 is 1. The van der Waals surface area contributed by atoms with Crippen LogP contribution in [0.25, 0.3) is 0 Å². The van der Waals surface area contributed by atoms with Gasteiger partial charge in [-0.3, -0.25) is 4.79 Å². The Morgan fingerprint density at radius 2 is 2.09 bits per heavy atom. The Balaban J connectivity index is 1.88. The first-order chi connectivity index (χ1) is 10.6. The van der Waals surface area contributed by atoms with Crippen molar-refractivity contribution in [3.05, 3.63) is 40.4 Å². The Hall–Kier alpha value is -1.95. The number of hydrogen-bond acceptors (Lipinski definition) is 5. The van der Waals surface area contributed by atoms with Crippen molar-refractivity contribution in [2.45, 2.75) is 26.3 Å². The molecule has 2 heterocycles. The van der Waals surface area contributed by atoms with Gasteiger partial charge in [0.25, 0.3) is 5.91 Å². The lowest BCUT2D eigenvalue weighted by Crippen LogP contribution is -2.31. The Morgan fingerprint density at radius 1 is 1.36 bits per heavy atom. The molecule has 0 spiro atoms. The summed E-state index contributed by atoms with van der Waals surface area (Å²) < 4.78 is 9.09. The van der Waals surface area contributed by atoms with Crippen LogP contribution >= 0.6 is 11.5 Å². The second kappa shape index (κ2) is 6.04. The number of ether oxygens (including phenoxy) is 1. The lowest BCUT2D eigenvalue weighted by atomic mass is 10.0. The third kappa shape index (κ3) is 2.70. The van der Waals surface area contributed by atoms with E-state index < -0.39 is 0 Å². The summed E-state index contributed by atoms with van der Waals surface area (Å²) in [7, 11) is 1.65. The summed E-state index contributed by atoms with van der Waals surface area (Å²) in [6, 6.07) is 8.08. The van der Waals surface area contributed by atoms with Gasteiger partial charge in [0.1, 0.15) is 10.6 Å². The smallest absolute Gasteiger partial charge is 0.268 e. The van der Waals surface area contributed by atoms with Gasteiger partial charge in [0.05, 0.1) is 18.8 Å². The Morgan fingerprint density at radius 3 is 2.68 bits per heavy atom. The van der Waals surface area contributed by atoms with Gasteiger partial charge in [0.15, 0.2) is 0 Å². The van der Waals surface area contributed by atoms with E-state index in [1.54, 1.807) is 7.11 Å². The molecule has 0 radical (unpaired) electrons. The Bertz CT molecular complexity index is 668. The van der Waals surface area contributed by atoms with Crippen LogP contribution in [-0.2, 0) is 0 Å². The average molecular weight is 317 g/mol. The minimum atomic E-state index is 0.0395. The second-order valence-corrected chi connectivity index (χ2v) is 6.53. The zero-order valence-corrected chi connectivity index (χ0v) is 13.8. The molecule has 1 aromatic heterocycles. The van der Waals surface area contributed by atoms with E-state index >= 15 is 0 Å². The van der Waals surface area contributed by atoms with Crippen LogP contribution in [0.2, 0.25) is 0 Å². The number of aryl methyl sites for hydroxylation is 1. The summed E-state index contributed by atoms with van der Waals surface area (Å²) in [5.41, 5.74) is 1.86. The molecule has 0 aliphatic carbocycles. The van der Waals surface area contributed by atoms with Gasteiger partial charge in [-0.2, -0.15) is 0 Å². The largest absolute Gasteiger partial charge is 0.497 e. The van der Waals surface area contributed by atoms with E-state index in [-0.39, 0.29) is 11.9 Å². The van der Waals surface area contributed by atoms with Gasteiger partial charge in [-0.05, 0) is 48.5 Å². The van der Waals surface area contributed by atoms with Gasteiger partial charge in [-0.25, -0.2) is 0 Å². The second-order valence-electron chi connectivity index (χ2n) is 5.77. The standard InChI is InChI=1S/C16H19N3O2S/c1-10-8-14(12-4-6-13(21-3)7-5-12)19(9-10)16(20)15-11(2)17-18-22-15/h4-7,10,14H,8-9H2,1-3H3. The number of likely N-dealkylation sites (tertiary alicyclic amines) is 1. The van der Waals surface area contributed by atoms with Crippen molar-refractivity contribution < 1.29 is 9.53 Å². The van der Waals surface area contributed by atoms with Crippen LogP contribution < -0.4 is 4.74 Å². The maximum atomic E-state index is 12.8. The zero-order chi connectivity index (χ0) is 15.7. The Kier molecular flexibility index (Phi) is 4.11. The summed E-state index contributed by atoms with van der Waals surface area (Å²) in [6.07, 6.45) is 0.976. The third-order valence-electron chi connectivity index (χ3n) is 4.12. The van der Waals surface area contributed by atoms with E-state index in [0.717, 1.165) is 24.3 Å². The Labute approximate surface area is 134 Å². The molecule has 6 heteroatoms. The highest BCUT2D eigenvalue weighted by atomic mass is 32.1. The van der Waals surface area contributed by atoms with E-state index in [2.05, 4.69) is 16.5 Å². The predicted octanol–water partition coefficient (Wildman–Crippen LogP) is 3.08. The number of nitrogens with zero attached hydrogens (tertiary/aromatic N) is 3. The molecule has 3 rings (SSSR count). The number of hydrogen-bond donors (Lipinski definition) is 0. The predicted molar refractivity (Wildman–Crippen MR) is 85.2 cm³/mol. The van der Waals surface area contributed by atoms with E-state index in [4.69, 9.17) is 4.74 Å². The molecule has 1 fully saturated rings. The quantitative estimate of drug-likeness (QED) is 0.873. The van der Waals surface area contributed by atoms with E-state index in [1.807, 2.05) is 36.1 Å². The van der Waals surface area contributed by atoms with E-state index in [0.29, 0.717) is 16.5 Å². The summed E-state index contributed by atoms with van der Waals surface area (Å²) in [5.74, 6) is 1.35. The van der Waals surface area contributed by atoms with Crippen molar-refractivity contribution in [2.24, 2.45) is 5.92 Å². The zero-order valence-electron chi connectivity index (χ0n) is 12.9. The van der Waals surface area contributed by atoms with Crippen molar-refractivity contribution in [3.8, 4) is 5.75 Å². The molecule has 22 heavy (non-hydrogen) atoms. The summed E-state index contributed by atoms with van der Waals surface area (Å²) >= 11 is 1.18. The van der Waals surface area contributed by atoms with Crippen LogP contribution in [0.15, 0.2) is 24.3 Å². The van der Waals surface area contributed by atoms with Gasteiger partial charge in [-0.15, -0.1) is 5.10 Å². The topological polar surface area (TPSA) is 55.3 Å². The van der Waals surface area contributed by atoms with Gasteiger partial charge < -0.3 is 9.64 Å². The number of rotatable bonds is 3. The number of carbonyl (C=O) groups excluding carboxylic acids is 1. The lowest BCUT2D eigenvalue weighted by Gasteiger charge is -2.24. The fourth-order valence-electron chi connectivity index (χ4n) is 2.97. The highest BCUT2D eigenvalue weighted by molar-refractivity contribution is 7.07. The van der Waals surface area contributed by atoms with Gasteiger partial charge in [0, 0.05) is 6.54 Å². The van der Waals surface area contributed by atoms with E-state index in [9.17, 15) is 4.79 Å². The maximum absolute atomic E-state index is 12.8. The highest BCUT2D eigenvalue weighted by Crippen LogP contribution is 2.37. The molecule has 1 aromatic carbocycles. The van der Waals surface area contributed by atoms with Crippen LogP contribution in [0.4, 0.5) is 0 Å². The number of benzene rings is 1. The molecule has 1 aliphatic rings. The maximum Gasteiger partial charge on any atom is 0.268 e. The molecule has 0 saturated carbocycles. The van der Waals surface area contributed by atoms with Crippen molar-refractivity contribution in [2.75, 3.05) is 13.7 Å². The van der Waals surface area contributed by atoms with Crippen molar-refractivity contribution in [3.63, 3.8) is 0 Å². The molecule has 1 saturated heterocycles. The highest BCUT2D eigenvalue weighted by Gasteiger charge is 2.35. The fourth-order valence-corrected chi connectivity index (χ4v) is 3.58. The third-order valence-corrected chi connectivity index (χ3v) is 4.93. The molecule has 2 atom stereocenters. The SMILES string of the molecule is COc1ccc(C2CC(C)CN2C(=O)c2snnc2C)cc1. The summed E-state index contributed by atoms with van der Waals surface area (Å²) in [4.78, 5) is 15.4. The molecule has 0 N–H and O–H groups in total. The first-order valence-electron chi connectivity index (χ1n) is 7.34. The molecule has 2 unspecified atom stereocenters. The minimum Gasteiger partial charge on any atom is -0.497 e. The molecule has 0 bridgehead atoms. The van der Waals surface area contributed by atoms with Crippen molar-refractivity contribution >= 4 is 17.4 Å². The summed E-state index contributed by atoms with van der Waals surface area (Å²) in [6.45, 7) is 4.78. The normalized spacial score (nSPS) is 21.1. The van der Waals surface area contributed by atoms with Crippen LogP contribution in [-0.4, -0.2) is 34.0 Å². The number of amides is 1. The van der Waals surface area contributed by atoms with Crippen LogP contribution in [0.3, 0.4) is 0 Å². The van der Waals surface area contributed by atoms with Gasteiger partial charge in [-0.1, -0.05) is 23.5 Å². The molecule has 1 amide bonds. The minimum absolute atomic E-state index is 0.0395. The molecule has 1 aliphatic heterocycles. The first kappa shape index (κ1) is 15.0. The average Bonchev–Trinajstić information content (AvgIpc) is 3.12. The van der Waals surface area contributed by atoms with E-state index in [1.165, 1.54) is 11.5 Å². The fraction of sp³-hybridized carbons (Fsp3) is 0.438. The van der Waals surface area contributed by atoms with Crippen molar-refractivity contribution in [1.82, 2.24) is 14.5 Å². The van der Waals surface area contributed by atoms with Gasteiger partial charge in [0.2, 0.25) is 0 Å². The lowest BCUT2D eigenvalue weighted by molar-refractivity contribution is 0.0736. The molecule has 2 aromatic rings. The number of carbonyl (C=O) groups is 1. The van der Waals surface area contributed by atoms with Crippen LogP contribution in [0.5, 0.6) is 5.75 Å². The monoisotopic (exact) mass is 317 g/mol. The van der Waals surface area contributed by atoms with Crippen molar-refractivity contribution in [1.29, 1.82) is 0 Å². The van der Waals surface area contributed by atoms with Crippen LogP contribution in [0.1, 0.15) is 40.3 Å². The molecular weight excluding hydrogens is 298 g/mol. The van der Waals surface area contributed by atoms with Crippen LogP contribution in [0, 0.1) is 12.8 Å².